The number of amides is 1. The Hall–Kier alpha value is -2.31. The molecule has 1 atom stereocenters. The molecule has 6 nitrogen and oxygen atoms in total. The fourth-order valence-corrected chi connectivity index (χ4v) is 2.96. The van der Waals surface area contributed by atoms with E-state index < -0.39 is 5.41 Å². The van der Waals surface area contributed by atoms with E-state index in [-0.39, 0.29) is 17.8 Å². The highest BCUT2D eigenvalue weighted by molar-refractivity contribution is 5.91. The quantitative estimate of drug-likeness (QED) is 0.879. The van der Waals surface area contributed by atoms with Crippen LogP contribution in [-0.4, -0.2) is 26.5 Å². The molecule has 1 unspecified atom stereocenters. The molecule has 4 rings (SSSR count). The lowest BCUT2D eigenvalue weighted by Gasteiger charge is -2.20. The molecule has 2 saturated carbocycles. The van der Waals surface area contributed by atoms with Gasteiger partial charge in [-0.05, 0) is 49.3 Å². The molecule has 1 aromatic carbocycles. The molecule has 1 aromatic heterocycles. The van der Waals surface area contributed by atoms with Crippen molar-refractivity contribution in [1.29, 1.82) is 0 Å². The normalized spacial score (nSPS) is 20.4. The van der Waals surface area contributed by atoms with Crippen LogP contribution in [-0.2, 0) is 10.2 Å². The van der Waals surface area contributed by atoms with Crippen LogP contribution in [0.15, 0.2) is 24.3 Å². The van der Waals surface area contributed by atoms with Gasteiger partial charge in [0, 0.05) is 0 Å². The number of nitrogens with zero attached hydrogens (tertiary/aromatic N) is 3. The van der Waals surface area contributed by atoms with Gasteiger partial charge in [0.2, 0.25) is 5.91 Å². The number of H-pyrrole nitrogens is 1. The zero-order chi connectivity index (χ0) is 15.2. The van der Waals surface area contributed by atoms with Gasteiger partial charge in [-0.15, -0.1) is 10.2 Å². The molecular formula is C15H16FN5O. The highest BCUT2D eigenvalue weighted by Gasteiger charge is 2.52. The Kier molecular flexibility index (Phi) is 2.95. The molecule has 1 heterocycles. The first-order valence-electron chi connectivity index (χ1n) is 7.49. The maximum atomic E-state index is 13.4. The van der Waals surface area contributed by atoms with Crippen LogP contribution in [0.1, 0.15) is 43.1 Å². The largest absolute Gasteiger partial charge is 0.345 e. The molecule has 0 saturated heterocycles. The minimum atomic E-state index is -0.598. The second-order valence-electron chi connectivity index (χ2n) is 6.15. The van der Waals surface area contributed by atoms with Crippen molar-refractivity contribution in [1.82, 2.24) is 25.9 Å². The predicted octanol–water partition coefficient (Wildman–Crippen LogP) is 1.64. The molecule has 2 aromatic rings. The van der Waals surface area contributed by atoms with E-state index >= 15 is 0 Å². The smallest absolute Gasteiger partial charge is 0.231 e. The Morgan fingerprint density at radius 1 is 1.41 bits per heavy atom. The van der Waals surface area contributed by atoms with E-state index in [0.717, 1.165) is 31.2 Å². The zero-order valence-corrected chi connectivity index (χ0v) is 11.9. The van der Waals surface area contributed by atoms with Crippen molar-refractivity contribution < 1.29 is 9.18 Å². The molecule has 22 heavy (non-hydrogen) atoms. The van der Waals surface area contributed by atoms with Crippen LogP contribution in [0.25, 0.3) is 0 Å². The lowest BCUT2D eigenvalue weighted by molar-refractivity contribution is -0.124. The van der Waals surface area contributed by atoms with Gasteiger partial charge in [-0.25, -0.2) is 4.39 Å². The average Bonchev–Trinajstić information content (AvgIpc) is 3.43. The highest BCUT2D eigenvalue weighted by atomic mass is 19.1. The number of hydrogen-bond acceptors (Lipinski definition) is 4. The molecule has 2 aliphatic rings. The Bertz CT molecular complexity index is 694. The van der Waals surface area contributed by atoms with Crippen molar-refractivity contribution in [2.24, 2.45) is 5.92 Å². The zero-order valence-electron chi connectivity index (χ0n) is 11.9. The maximum Gasteiger partial charge on any atom is 0.231 e. The Morgan fingerprint density at radius 2 is 2.23 bits per heavy atom. The maximum absolute atomic E-state index is 13.4. The average molecular weight is 301 g/mol. The van der Waals surface area contributed by atoms with Crippen LogP contribution in [0.2, 0.25) is 0 Å². The monoisotopic (exact) mass is 301 g/mol. The van der Waals surface area contributed by atoms with Gasteiger partial charge in [0.1, 0.15) is 5.82 Å². The number of tetrazole rings is 1. The minimum Gasteiger partial charge on any atom is -0.345 e. The molecule has 2 fully saturated rings. The summed E-state index contributed by atoms with van der Waals surface area (Å²) < 4.78 is 13.4. The number of benzene rings is 1. The van der Waals surface area contributed by atoms with Gasteiger partial charge in [0.15, 0.2) is 5.82 Å². The first-order valence-corrected chi connectivity index (χ1v) is 7.49. The molecule has 7 heteroatoms. The summed E-state index contributed by atoms with van der Waals surface area (Å²) in [5.41, 5.74) is 0.145. The van der Waals surface area contributed by atoms with Crippen molar-refractivity contribution in [3.63, 3.8) is 0 Å². The first-order chi connectivity index (χ1) is 10.7. The fraction of sp³-hybridized carbons (Fsp3) is 0.467. The second-order valence-corrected chi connectivity index (χ2v) is 6.15. The summed E-state index contributed by atoms with van der Waals surface area (Å²) in [4.78, 5) is 12.8. The van der Waals surface area contributed by atoms with Crippen molar-refractivity contribution in [2.45, 2.75) is 37.1 Å². The Balaban J connectivity index is 1.56. The van der Waals surface area contributed by atoms with Gasteiger partial charge in [-0.2, -0.15) is 5.21 Å². The minimum absolute atomic E-state index is 0.0696. The third-order valence-electron chi connectivity index (χ3n) is 4.58. The van der Waals surface area contributed by atoms with E-state index in [1.54, 1.807) is 6.07 Å². The fourth-order valence-electron chi connectivity index (χ4n) is 2.96. The predicted molar refractivity (Wildman–Crippen MR) is 75.1 cm³/mol. The van der Waals surface area contributed by atoms with Gasteiger partial charge in [0.05, 0.1) is 11.5 Å². The van der Waals surface area contributed by atoms with E-state index in [2.05, 4.69) is 25.9 Å². The SMILES string of the molecule is O=C(NC(c1nn[nH]n1)C1CC1)C1(c2cccc(F)c2)CC1. The number of carbonyl (C=O) groups excluding carboxylic acids is 1. The van der Waals surface area contributed by atoms with Crippen LogP contribution in [0, 0.1) is 11.7 Å². The third-order valence-corrected chi connectivity index (χ3v) is 4.58. The van der Waals surface area contributed by atoms with Gasteiger partial charge in [0.25, 0.3) is 0 Å². The summed E-state index contributed by atoms with van der Waals surface area (Å²) in [6.45, 7) is 0. The number of nitrogens with one attached hydrogen (secondary N) is 2. The Labute approximate surface area is 126 Å². The number of carbonyl (C=O) groups is 1. The number of aromatic nitrogens is 4. The van der Waals surface area contributed by atoms with Crippen molar-refractivity contribution in [3.8, 4) is 0 Å². The highest BCUT2D eigenvalue weighted by Crippen LogP contribution is 2.49. The molecule has 0 spiro atoms. The third kappa shape index (κ3) is 2.26. The van der Waals surface area contributed by atoms with Gasteiger partial charge in [-0.1, -0.05) is 17.3 Å². The van der Waals surface area contributed by atoms with Crippen LogP contribution in [0.4, 0.5) is 4.39 Å². The lowest BCUT2D eigenvalue weighted by Crippen LogP contribution is -2.38. The molecule has 2 N–H and O–H groups in total. The molecule has 0 aliphatic heterocycles. The van der Waals surface area contributed by atoms with E-state index in [4.69, 9.17) is 0 Å². The van der Waals surface area contributed by atoms with Crippen LogP contribution < -0.4 is 5.32 Å². The van der Waals surface area contributed by atoms with Crippen LogP contribution >= 0.6 is 0 Å². The summed E-state index contributed by atoms with van der Waals surface area (Å²) in [6.07, 6.45) is 3.58. The molecule has 114 valence electrons. The van der Waals surface area contributed by atoms with Crippen LogP contribution in [0.3, 0.4) is 0 Å². The molecule has 1 amide bonds. The standard InChI is InChI=1S/C15H16FN5O/c16-11-3-1-2-10(8-11)15(6-7-15)14(22)17-12(9-4-5-9)13-18-20-21-19-13/h1-3,8-9,12H,4-7H2,(H,17,22)(H,18,19,20,21). The molecule has 2 aliphatic carbocycles. The van der Waals surface area contributed by atoms with E-state index in [1.165, 1.54) is 12.1 Å². The Morgan fingerprint density at radius 3 is 2.82 bits per heavy atom. The molecular weight excluding hydrogens is 285 g/mol. The van der Waals surface area contributed by atoms with Gasteiger partial charge in [-0.3, -0.25) is 4.79 Å². The van der Waals surface area contributed by atoms with E-state index in [1.807, 2.05) is 6.07 Å². The summed E-state index contributed by atoms with van der Waals surface area (Å²) in [5, 5.41) is 17.1. The second kappa shape index (κ2) is 4.86. The van der Waals surface area contributed by atoms with E-state index in [0.29, 0.717) is 11.7 Å². The summed E-state index contributed by atoms with van der Waals surface area (Å²) in [5.74, 6) is 0.504. The van der Waals surface area contributed by atoms with Gasteiger partial charge < -0.3 is 5.32 Å². The summed E-state index contributed by atoms with van der Waals surface area (Å²) in [6, 6.07) is 6.10. The number of rotatable bonds is 5. The number of aromatic amines is 1. The summed E-state index contributed by atoms with van der Waals surface area (Å²) in [7, 11) is 0. The van der Waals surface area contributed by atoms with Gasteiger partial charge >= 0.3 is 0 Å². The van der Waals surface area contributed by atoms with Crippen molar-refractivity contribution >= 4 is 5.91 Å². The van der Waals surface area contributed by atoms with Crippen molar-refractivity contribution in [2.75, 3.05) is 0 Å². The van der Waals surface area contributed by atoms with E-state index in [9.17, 15) is 9.18 Å². The molecule has 0 bridgehead atoms. The number of hydrogen-bond donors (Lipinski definition) is 2. The lowest BCUT2D eigenvalue weighted by atomic mass is 9.94. The topological polar surface area (TPSA) is 83.6 Å². The molecule has 0 radical (unpaired) electrons. The van der Waals surface area contributed by atoms with Crippen LogP contribution in [0.5, 0.6) is 0 Å². The summed E-state index contributed by atoms with van der Waals surface area (Å²) >= 11 is 0. The first kappa shape index (κ1) is 13.4. The van der Waals surface area contributed by atoms with Crippen molar-refractivity contribution in [3.05, 3.63) is 41.5 Å². The number of halogens is 1.